The number of nitrogens with zero attached hydrogens (tertiary/aromatic N) is 2. The standard InChI is InChI=1S/C25H22N6O2/c1-13(26)22(14(2)32)30-25(33)31-23-16-7-4-3-6-15(16)21-17(23)8-5-9-18(21)24-28-19-10-11-27-12-20(19)29-24/h3-12,23,26,32H,1-2H3,(H,28,29)(H2,30,31,33)/p-1/b22-14+,26-13?. The Hall–Kier alpha value is -4.46. The molecule has 0 spiro atoms. The number of H-pyrrole nitrogens is 1. The maximum Gasteiger partial charge on any atom is 0.320 e. The highest BCUT2D eigenvalue weighted by Gasteiger charge is 2.32. The van der Waals surface area contributed by atoms with Gasteiger partial charge in [0.15, 0.2) is 0 Å². The van der Waals surface area contributed by atoms with E-state index in [4.69, 9.17) is 10.4 Å². The largest absolute Gasteiger partial charge is 0.874 e. The number of hydrogen-bond donors (Lipinski definition) is 4. The molecule has 0 bridgehead atoms. The molecule has 4 N–H and O–H groups in total. The number of imidazole rings is 1. The molecule has 164 valence electrons. The average molecular weight is 437 g/mol. The number of pyridine rings is 1. The third-order valence-electron chi connectivity index (χ3n) is 5.73. The normalized spacial score (nSPS) is 14.9. The molecule has 0 fully saturated rings. The number of carbonyl (C=O) groups is 1. The molecule has 1 aliphatic rings. The van der Waals surface area contributed by atoms with Gasteiger partial charge in [-0.05, 0) is 35.2 Å². The molecule has 5 rings (SSSR count). The molecule has 0 saturated heterocycles. The molecule has 0 saturated carbocycles. The predicted molar refractivity (Wildman–Crippen MR) is 124 cm³/mol. The minimum absolute atomic E-state index is 0.00605. The first-order valence-corrected chi connectivity index (χ1v) is 10.5. The smallest absolute Gasteiger partial charge is 0.320 e. The molecule has 2 aromatic carbocycles. The van der Waals surface area contributed by atoms with Crippen LogP contribution in [0.15, 0.2) is 72.4 Å². The van der Waals surface area contributed by atoms with Gasteiger partial charge < -0.3 is 26.1 Å². The number of urea groups is 1. The summed E-state index contributed by atoms with van der Waals surface area (Å²) in [6, 6.07) is 14.7. The highest BCUT2D eigenvalue weighted by molar-refractivity contribution is 5.99. The van der Waals surface area contributed by atoms with Crippen molar-refractivity contribution in [1.29, 1.82) is 5.41 Å². The Balaban J connectivity index is 1.57. The molecular weight excluding hydrogens is 416 g/mol. The fourth-order valence-corrected chi connectivity index (χ4v) is 4.32. The summed E-state index contributed by atoms with van der Waals surface area (Å²) < 4.78 is 0. The fraction of sp³-hybridized carbons (Fsp3) is 0.120. The lowest BCUT2D eigenvalue weighted by Crippen LogP contribution is -2.39. The zero-order valence-electron chi connectivity index (χ0n) is 18.1. The molecule has 33 heavy (non-hydrogen) atoms. The topological polar surface area (TPSA) is 130 Å². The molecule has 2 heterocycles. The maximum absolute atomic E-state index is 12.8. The first kappa shape index (κ1) is 20.4. The van der Waals surface area contributed by atoms with Crippen molar-refractivity contribution in [3.05, 3.63) is 83.5 Å². The SMILES string of the molecule is CC(=N)/C(NC(=O)NC1c2ccccc2-c2c(-c3nc4ccncc4[nH]3)cccc21)=C(/C)[O-]. The van der Waals surface area contributed by atoms with Crippen LogP contribution in [0.1, 0.15) is 31.0 Å². The number of rotatable bonds is 4. The van der Waals surface area contributed by atoms with Crippen molar-refractivity contribution in [2.75, 3.05) is 0 Å². The Morgan fingerprint density at radius 1 is 1.06 bits per heavy atom. The van der Waals surface area contributed by atoms with E-state index in [1.807, 2.05) is 48.5 Å². The molecule has 0 radical (unpaired) electrons. The van der Waals surface area contributed by atoms with Gasteiger partial charge in [0.2, 0.25) is 0 Å². The molecule has 1 unspecified atom stereocenters. The first-order valence-electron chi connectivity index (χ1n) is 10.5. The van der Waals surface area contributed by atoms with Gasteiger partial charge >= 0.3 is 6.03 Å². The molecule has 8 nitrogen and oxygen atoms in total. The van der Waals surface area contributed by atoms with E-state index >= 15 is 0 Å². The summed E-state index contributed by atoms with van der Waals surface area (Å²) in [6.07, 6.45) is 3.45. The van der Waals surface area contributed by atoms with Crippen molar-refractivity contribution >= 4 is 22.8 Å². The van der Waals surface area contributed by atoms with Crippen LogP contribution in [0.25, 0.3) is 33.5 Å². The van der Waals surface area contributed by atoms with Gasteiger partial charge in [-0.1, -0.05) is 49.4 Å². The molecular formula is C25H21N6O2-. The van der Waals surface area contributed by atoms with Gasteiger partial charge in [-0.25, -0.2) is 9.78 Å². The highest BCUT2D eigenvalue weighted by Crippen LogP contribution is 2.47. The lowest BCUT2D eigenvalue weighted by atomic mass is 9.99. The molecule has 4 aromatic rings. The number of hydrogen-bond acceptors (Lipinski definition) is 5. The fourth-order valence-electron chi connectivity index (χ4n) is 4.32. The van der Waals surface area contributed by atoms with Crippen LogP contribution in [0.3, 0.4) is 0 Å². The second-order valence-corrected chi connectivity index (χ2v) is 7.92. The summed E-state index contributed by atoms with van der Waals surface area (Å²) in [6.45, 7) is 2.79. The summed E-state index contributed by atoms with van der Waals surface area (Å²) >= 11 is 0. The van der Waals surface area contributed by atoms with E-state index < -0.39 is 12.1 Å². The van der Waals surface area contributed by atoms with E-state index in [1.54, 1.807) is 12.4 Å². The van der Waals surface area contributed by atoms with Crippen LogP contribution >= 0.6 is 0 Å². The Kier molecular flexibility index (Phi) is 4.90. The number of nitrogens with one attached hydrogen (secondary N) is 4. The molecule has 1 aliphatic carbocycles. The second-order valence-electron chi connectivity index (χ2n) is 7.92. The Morgan fingerprint density at radius 3 is 2.58 bits per heavy atom. The van der Waals surface area contributed by atoms with Crippen molar-refractivity contribution in [2.45, 2.75) is 19.9 Å². The molecule has 8 heteroatoms. The molecule has 0 aliphatic heterocycles. The number of fused-ring (bicyclic) bond motifs is 4. The number of benzene rings is 2. The Labute approximate surface area is 189 Å². The number of amides is 2. The predicted octanol–water partition coefficient (Wildman–Crippen LogP) is 3.63. The first-order chi connectivity index (χ1) is 15.9. The van der Waals surface area contributed by atoms with E-state index in [2.05, 4.69) is 20.6 Å². The molecule has 1 atom stereocenters. The summed E-state index contributed by atoms with van der Waals surface area (Å²) in [5, 5.41) is 25.1. The van der Waals surface area contributed by atoms with Crippen molar-refractivity contribution in [1.82, 2.24) is 25.6 Å². The van der Waals surface area contributed by atoms with Crippen molar-refractivity contribution < 1.29 is 9.90 Å². The van der Waals surface area contributed by atoms with Crippen molar-refractivity contribution in [2.24, 2.45) is 0 Å². The van der Waals surface area contributed by atoms with E-state index in [1.165, 1.54) is 13.8 Å². The van der Waals surface area contributed by atoms with Gasteiger partial charge in [-0.15, -0.1) is 5.76 Å². The van der Waals surface area contributed by atoms with Gasteiger partial charge in [0.25, 0.3) is 0 Å². The monoisotopic (exact) mass is 437 g/mol. The van der Waals surface area contributed by atoms with Gasteiger partial charge in [0, 0.05) is 11.8 Å². The van der Waals surface area contributed by atoms with Crippen LogP contribution in [0.2, 0.25) is 0 Å². The highest BCUT2D eigenvalue weighted by atomic mass is 16.3. The summed E-state index contributed by atoms with van der Waals surface area (Å²) in [4.78, 5) is 25.0. The number of carbonyl (C=O) groups excluding carboxylic acids is 1. The van der Waals surface area contributed by atoms with Gasteiger partial charge in [0.1, 0.15) is 5.82 Å². The number of aromatic amines is 1. The lowest BCUT2D eigenvalue weighted by Gasteiger charge is -2.20. The second kappa shape index (κ2) is 7.90. The van der Waals surface area contributed by atoms with Crippen LogP contribution in [0.4, 0.5) is 4.79 Å². The van der Waals surface area contributed by atoms with Crippen molar-refractivity contribution in [3.8, 4) is 22.5 Å². The van der Waals surface area contributed by atoms with E-state index in [0.29, 0.717) is 0 Å². The van der Waals surface area contributed by atoms with Crippen LogP contribution < -0.4 is 15.7 Å². The Morgan fingerprint density at radius 2 is 1.82 bits per heavy atom. The maximum atomic E-state index is 12.8. The van der Waals surface area contributed by atoms with E-state index in [-0.39, 0.29) is 17.2 Å². The number of aromatic nitrogens is 3. The average Bonchev–Trinajstić information content (AvgIpc) is 3.37. The third kappa shape index (κ3) is 3.51. The number of allylic oxidation sites excluding steroid dienone is 2. The molecule has 2 amide bonds. The minimum Gasteiger partial charge on any atom is -0.874 e. The zero-order chi connectivity index (χ0) is 23.1. The van der Waals surface area contributed by atoms with Gasteiger partial charge in [-0.2, -0.15) is 0 Å². The minimum atomic E-state index is -0.542. The summed E-state index contributed by atoms with van der Waals surface area (Å²) in [5.74, 6) is 0.355. The van der Waals surface area contributed by atoms with Crippen molar-refractivity contribution in [3.63, 3.8) is 0 Å². The quantitative estimate of drug-likeness (QED) is 0.287. The van der Waals surface area contributed by atoms with Crippen LogP contribution in [-0.4, -0.2) is 26.7 Å². The van der Waals surface area contributed by atoms with E-state index in [9.17, 15) is 9.90 Å². The zero-order valence-corrected chi connectivity index (χ0v) is 18.1. The van der Waals surface area contributed by atoms with E-state index in [0.717, 1.165) is 44.7 Å². The Bertz CT molecular complexity index is 1420. The van der Waals surface area contributed by atoms with Gasteiger partial charge in [0.05, 0.1) is 34.7 Å². The van der Waals surface area contributed by atoms with Crippen LogP contribution in [-0.2, 0) is 0 Å². The third-order valence-corrected chi connectivity index (χ3v) is 5.73. The van der Waals surface area contributed by atoms with Crippen LogP contribution in [0.5, 0.6) is 0 Å². The lowest BCUT2D eigenvalue weighted by molar-refractivity contribution is -0.303. The summed E-state index contributed by atoms with van der Waals surface area (Å²) in [5.41, 5.74) is 6.45. The summed E-state index contributed by atoms with van der Waals surface area (Å²) in [7, 11) is 0. The van der Waals surface area contributed by atoms with Crippen LogP contribution in [0, 0.1) is 5.41 Å². The molecule has 2 aromatic heterocycles. The van der Waals surface area contributed by atoms with Gasteiger partial charge in [-0.3, -0.25) is 4.98 Å².